The van der Waals surface area contributed by atoms with Gasteiger partial charge in [0, 0.05) is 6.54 Å². The Balaban J connectivity index is -0.0000000860. The SMILES string of the molecule is C=CCN.C=Cc1ccccc1.CC(C)C.[Cl-].[SH3+]. The first-order chi connectivity index (χ1) is 7.58. The molecule has 1 aromatic rings. The van der Waals surface area contributed by atoms with Crippen molar-refractivity contribution in [3.8, 4) is 0 Å². The predicted molar refractivity (Wildman–Crippen MR) is 87.8 cm³/mol. The van der Waals surface area contributed by atoms with Crippen LogP contribution in [0.25, 0.3) is 6.08 Å². The summed E-state index contributed by atoms with van der Waals surface area (Å²) in [4.78, 5) is 0. The summed E-state index contributed by atoms with van der Waals surface area (Å²) in [5.74, 6) is 0.833. The standard InChI is InChI=1S/C8H8.C4H10.C3H7N.ClH.H2S/c1-2-8-6-4-3-5-7-8;1-4(2)3;1-2-3-4;;/h2-7H,1H2;4H,1-3H3;2H,1,3-4H2;1H;1H2. The van der Waals surface area contributed by atoms with Gasteiger partial charge in [0.25, 0.3) is 0 Å². The van der Waals surface area contributed by atoms with Crippen LogP contribution in [0.4, 0.5) is 0 Å². The van der Waals surface area contributed by atoms with Crippen molar-refractivity contribution in [2.24, 2.45) is 11.7 Å². The van der Waals surface area contributed by atoms with Crippen LogP contribution in [0, 0.1) is 5.92 Å². The van der Waals surface area contributed by atoms with Gasteiger partial charge in [-0.25, -0.2) is 0 Å². The zero-order chi connectivity index (χ0) is 12.8. The Bertz CT molecular complexity index is 258. The van der Waals surface area contributed by atoms with Crippen LogP contribution in [-0.2, 0) is 13.5 Å². The maximum Gasteiger partial charge on any atom is 0.0104 e. The molecular formula is C15H28ClNS. The van der Waals surface area contributed by atoms with Gasteiger partial charge in [0.2, 0.25) is 0 Å². The first kappa shape index (κ1) is 26.0. The van der Waals surface area contributed by atoms with Crippen LogP contribution >= 0.6 is 0 Å². The second kappa shape index (κ2) is 21.6. The van der Waals surface area contributed by atoms with E-state index in [4.69, 9.17) is 5.73 Å². The number of rotatable bonds is 2. The molecule has 0 spiro atoms. The van der Waals surface area contributed by atoms with E-state index in [1.54, 1.807) is 6.08 Å². The lowest BCUT2D eigenvalue weighted by Gasteiger charge is -1.85. The van der Waals surface area contributed by atoms with Crippen LogP contribution in [0.5, 0.6) is 0 Å². The van der Waals surface area contributed by atoms with Gasteiger partial charge in [-0.2, -0.15) is 0 Å². The quantitative estimate of drug-likeness (QED) is 0.616. The molecule has 1 nitrogen and oxygen atoms in total. The minimum atomic E-state index is 0. The average molecular weight is 290 g/mol. The Hall–Kier alpha value is -0.700. The molecule has 0 bridgehead atoms. The van der Waals surface area contributed by atoms with Gasteiger partial charge < -0.3 is 18.1 Å². The highest BCUT2D eigenvalue weighted by atomic mass is 35.5. The Morgan fingerprint density at radius 2 is 1.44 bits per heavy atom. The Kier molecular flexibility index (Phi) is 31.1. The molecule has 0 radical (unpaired) electrons. The van der Waals surface area contributed by atoms with Crippen LogP contribution in [0.15, 0.2) is 49.6 Å². The third-order valence-corrected chi connectivity index (χ3v) is 1.20. The van der Waals surface area contributed by atoms with Crippen molar-refractivity contribution in [2.75, 3.05) is 6.54 Å². The van der Waals surface area contributed by atoms with Crippen molar-refractivity contribution < 1.29 is 12.4 Å². The Morgan fingerprint density at radius 3 is 1.61 bits per heavy atom. The first-order valence-corrected chi connectivity index (χ1v) is 5.56. The van der Waals surface area contributed by atoms with E-state index in [0.717, 1.165) is 5.92 Å². The van der Waals surface area contributed by atoms with Crippen LogP contribution in [0.3, 0.4) is 0 Å². The van der Waals surface area contributed by atoms with Gasteiger partial charge in [-0.3, -0.25) is 0 Å². The molecule has 0 amide bonds. The fourth-order valence-electron chi connectivity index (χ4n) is 0.589. The third kappa shape index (κ3) is 29.5. The maximum atomic E-state index is 4.91. The fourth-order valence-corrected chi connectivity index (χ4v) is 0.589. The topological polar surface area (TPSA) is 26.0 Å². The maximum absolute atomic E-state index is 4.91. The molecule has 3 heteroatoms. The molecule has 0 aliphatic heterocycles. The van der Waals surface area contributed by atoms with Gasteiger partial charge in [-0.15, -0.1) is 6.58 Å². The molecular weight excluding hydrogens is 262 g/mol. The first-order valence-electron chi connectivity index (χ1n) is 5.56. The largest absolute Gasteiger partial charge is 1.00 e. The normalized spacial score (nSPS) is 7.17. The lowest BCUT2D eigenvalue weighted by atomic mass is 10.2. The molecule has 2 N–H and O–H groups in total. The van der Waals surface area contributed by atoms with Crippen molar-refractivity contribution in [2.45, 2.75) is 20.8 Å². The second-order valence-electron chi connectivity index (χ2n) is 3.87. The molecule has 1 rings (SSSR count). The van der Waals surface area contributed by atoms with Crippen LogP contribution in [-0.4, -0.2) is 6.54 Å². The molecule has 0 saturated carbocycles. The molecule has 0 aliphatic carbocycles. The van der Waals surface area contributed by atoms with Gasteiger partial charge >= 0.3 is 0 Å². The molecule has 18 heavy (non-hydrogen) atoms. The van der Waals surface area contributed by atoms with E-state index in [1.165, 1.54) is 5.56 Å². The van der Waals surface area contributed by atoms with Crippen molar-refractivity contribution in [3.63, 3.8) is 0 Å². The summed E-state index contributed by atoms with van der Waals surface area (Å²) in [5, 5.41) is 0. The molecule has 0 atom stereocenters. The van der Waals surface area contributed by atoms with Crippen molar-refractivity contribution in [1.29, 1.82) is 0 Å². The monoisotopic (exact) mass is 289 g/mol. The summed E-state index contributed by atoms with van der Waals surface area (Å²) in [6.45, 7) is 14.1. The Labute approximate surface area is 126 Å². The van der Waals surface area contributed by atoms with Gasteiger partial charge in [0.15, 0.2) is 0 Å². The number of benzene rings is 1. The summed E-state index contributed by atoms with van der Waals surface area (Å²) in [6, 6.07) is 10.0. The second-order valence-corrected chi connectivity index (χ2v) is 3.87. The molecule has 0 saturated heterocycles. The van der Waals surface area contributed by atoms with E-state index in [1.807, 2.05) is 36.4 Å². The summed E-state index contributed by atoms with van der Waals surface area (Å²) in [6.07, 6.45) is 3.49. The zero-order valence-electron chi connectivity index (χ0n) is 11.8. The smallest absolute Gasteiger partial charge is 0.0104 e. The summed E-state index contributed by atoms with van der Waals surface area (Å²) < 4.78 is 0. The number of hydrogen-bond donors (Lipinski definition) is 1. The van der Waals surface area contributed by atoms with Crippen LogP contribution in [0.2, 0.25) is 0 Å². The number of hydrogen-bond acceptors (Lipinski definition) is 1. The molecule has 1 aromatic carbocycles. The molecule has 0 heterocycles. The van der Waals surface area contributed by atoms with E-state index in [0.29, 0.717) is 6.54 Å². The van der Waals surface area contributed by atoms with Crippen LogP contribution < -0.4 is 18.1 Å². The molecule has 0 aliphatic rings. The van der Waals surface area contributed by atoms with Crippen molar-refractivity contribution >= 4 is 19.6 Å². The van der Waals surface area contributed by atoms with Gasteiger partial charge in [-0.05, 0) is 11.5 Å². The molecule has 0 fully saturated rings. The highest BCUT2D eigenvalue weighted by molar-refractivity contribution is 7.37. The highest BCUT2D eigenvalue weighted by Gasteiger charge is 1.75. The summed E-state index contributed by atoms with van der Waals surface area (Å²) >= 11 is 0. The minimum Gasteiger partial charge on any atom is -1.00 e. The van der Waals surface area contributed by atoms with E-state index < -0.39 is 0 Å². The van der Waals surface area contributed by atoms with Gasteiger partial charge in [-0.1, -0.05) is 83.3 Å². The van der Waals surface area contributed by atoms with Crippen LogP contribution in [0.1, 0.15) is 26.3 Å². The lowest BCUT2D eigenvalue weighted by molar-refractivity contribution is -0.00000390. The predicted octanol–water partition coefficient (Wildman–Crippen LogP) is 0.321. The zero-order valence-corrected chi connectivity index (χ0v) is 13.7. The van der Waals surface area contributed by atoms with E-state index in [9.17, 15) is 0 Å². The number of halogens is 1. The summed E-state index contributed by atoms with van der Waals surface area (Å²) in [7, 11) is 0. The number of nitrogens with two attached hydrogens (primary N) is 1. The molecule has 0 aromatic heterocycles. The fraction of sp³-hybridized carbons (Fsp3) is 0.333. The summed E-state index contributed by atoms with van der Waals surface area (Å²) in [5.41, 5.74) is 6.08. The minimum absolute atomic E-state index is 0. The highest BCUT2D eigenvalue weighted by Crippen LogP contribution is 1.97. The molecule has 106 valence electrons. The van der Waals surface area contributed by atoms with Gasteiger partial charge in [0.1, 0.15) is 0 Å². The molecule has 0 unspecified atom stereocenters. The van der Waals surface area contributed by atoms with E-state index in [-0.39, 0.29) is 25.9 Å². The van der Waals surface area contributed by atoms with E-state index in [2.05, 4.69) is 33.9 Å². The lowest BCUT2D eigenvalue weighted by Crippen LogP contribution is -3.00. The third-order valence-electron chi connectivity index (χ3n) is 1.20. The average Bonchev–Trinajstić information content (AvgIpc) is 2.30. The van der Waals surface area contributed by atoms with Crippen molar-refractivity contribution in [1.82, 2.24) is 0 Å². The van der Waals surface area contributed by atoms with Crippen molar-refractivity contribution in [3.05, 3.63) is 55.1 Å². The van der Waals surface area contributed by atoms with E-state index >= 15 is 0 Å². The van der Waals surface area contributed by atoms with Gasteiger partial charge in [0.05, 0.1) is 0 Å². The Morgan fingerprint density at radius 1 is 1.11 bits per heavy atom.